The lowest BCUT2D eigenvalue weighted by atomic mass is 9.85. The van der Waals surface area contributed by atoms with Crippen molar-refractivity contribution >= 4 is 5.97 Å². The second-order valence-electron chi connectivity index (χ2n) is 9.21. The summed E-state index contributed by atoms with van der Waals surface area (Å²) in [4.78, 5) is 14.2. The highest BCUT2D eigenvalue weighted by atomic mass is 16.7. The number of rotatable bonds is 8. The Balaban J connectivity index is 1.76. The number of carbonyl (C=O) groups is 1. The fourth-order valence-electron chi connectivity index (χ4n) is 4.64. The maximum absolute atomic E-state index is 11.4. The minimum absolute atomic E-state index is 0.106. The van der Waals surface area contributed by atoms with Gasteiger partial charge in [0.15, 0.2) is 12.6 Å². The summed E-state index contributed by atoms with van der Waals surface area (Å²) >= 11 is 0. The second-order valence-corrected chi connectivity index (χ2v) is 9.21. The van der Waals surface area contributed by atoms with Crippen molar-refractivity contribution in [2.24, 2.45) is 22.9 Å². The van der Waals surface area contributed by atoms with E-state index >= 15 is 0 Å². The fraction of sp³-hybridized carbons (Fsp3) is 0.708. The summed E-state index contributed by atoms with van der Waals surface area (Å²) in [5, 5.41) is 14.0. The summed E-state index contributed by atoms with van der Waals surface area (Å²) < 4.78 is 29.7. The smallest absolute Gasteiger partial charge is 0.302 e. The summed E-state index contributed by atoms with van der Waals surface area (Å²) in [7, 11) is 0. The van der Waals surface area contributed by atoms with Crippen molar-refractivity contribution in [1.82, 2.24) is 0 Å². The van der Waals surface area contributed by atoms with Crippen molar-refractivity contribution in [3.05, 3.63) is 46.3 Å². The molecular formula is C24H35N3O7. The van der Waals surface area contributed by atoms with Gasteiger partial charge in [-0.25, -0.2) is 0 Å². The molecule has 188 valence electrons. The molecule has 2 heterocycles. The fourth-order valence-corrected chi connectivity index (χ4v) is 4.64. The van der Waals surface area contributed by atoms with Crippen LogP contribution in [0.25, 0.3) is 10.4 Å². The molecule has 0 amide bonds. The van der Waals surface area contributed by atoms with E-state index in [1.54, 1.807) is 6.92 Å². The Morgan fingerprint density at radius 1 is 1.09 bits per heavy atom. The van der Waals surface area contributed by atoms with Gasteiger partial charge in [0, 0.05) is 23.7 Å². The molecule has 0 aromatic heterocycles. The molecule has 0 saturated carbocycles. The van der Waals surface area contributed by atoms with Gasteiger partial charge < -0.3 is 28.8 Å². The molecule has 2 aliphatic rings. The number of benzene rings is 1. The average molecular weight is 478 g/mol. The molecule has 3 rings (SSSR count). The SMILES string of the molecule is CC(=O)OCC1O[C@H](O)C(N=[N+]=[N-])[C@@H](C)[C@@H]1O[C@@H]1OC(C)[C@@H](C)[C@@H](OCc2ccccc2)C1C. The average Bonchev–Trinajstić information content (AvgIpc) is 2.81. The number of esters is 1. The Morgan fingerprint density at radius 2 is 1.79 bits per heavy atom. The highest BCUT2D eigenvalue weighted by Gasteiger charge is 2.48. The van der Waals surface area contributed by atoms with Crippen LogP contribution in [0.2, 0.25) is 0 Å². The van der Waals surface area contributed by atoms with Gasteiger partial charge >= 0.3 is 5.97 Å². The van der Waals surface area contributed by atoms with Crippen molar-refractivity contribution in [2.75, 3.05) is 6.61 Å². The maximum Gasteiger partial charge on any atom is 0.302 e. The summed E-state index contributed by atoms with van der Waals surface area (Å²) in [6.07, 6.45) is -3.64. The number of hydrogen-bond acceptors (Lipinski definition) is 8. The van der Waals surface area contributed by atoms with Gasteiger partial charge in [0.05, 0.1) is 31.0 Å². The van der Waals surface area contributed by atoms with E-state index in [0.717, 1.165) is 5.56 Å². The van der Waals surface area contributed by atoms with Crippen molar-refractivity contribution in [3.8, 4) is 0 Å². The molecule has 1 aromatic rings. The van der Waals surface area contributed by atoms with E-state index in [0.29, 0.717) is 6.61 Å². The van der Waals surface area contributed by atoms with Gasteiger partial charge in [-0.1, -0.05) is 56.2 Å². The quantitative estimate of drug-likeness (QED) is 0.262. The first kappa shape index (κ1) is 26.4. The van der Waals surface area contributed by atoms with E-state index in [2.05, 4.69) is 16.9 Å². The van der Waals surface area contributed by atoms with E-state index in [-0.39, 0.29) is 30.7 Å². The van der Waals surface area contributed by atoms with Crippen LogP contribution in [-0.4, -0.2) is 60.7 Å². The van der Waals surface area contributed by atoms with Gasteiger partial charge in [-0.15, -0.1) is 0 Å². The molecule has 2 fully saturated rings. The van der Waals surface area contributed by atoms with Gasteiger partial charge in [0.25, 0.3) is 0 Å². The third-order valence-electron chi connectivity index (χ3n) is 6.80. The van der Waals surface area contributed by atoms with Gasteiger partial charge in [-0.3, -0.25) is 4.79 Å². The van der Waals surface area contributed by atoms with Crippen LogP contribution in [0.3, 0.4) is 0 Å². The normalized spacial score (nSPS) is 38.1. The lowest BCUT2D eigenvalue weighted by Crippen LogP contribution is -2.58. The van der Waals surface area contributed by atoms with Crippen LogP contribution in [0.5, 0.6) is 0 Å². The summed E-state index contributed by atoms with van der Waals surface area (Å²) in [6.45, 7) is 9.56. The van der Waals surface area contributed by atoms with Crippen molar-refractivity contribution < 1.29 is 33.6 Å². The Morgan fingerprint density at radius 3 is 2.44 bits per heavy atom. The molecule has 0 spiro atoms. The standard InChI is InChI=1S/C24H35N3O7/c1-13-16(4)32-24(15(3)21(13)31-11-18-9-7-6-8-10-18)34-22-14(2)20(26-27-25)23(29)33-19(22)12-30-17(5)28/h6-10,13-16,19-24,29H,11-12H2,1-5H3/t13-,14-,15?,16?,19?,20?,21-,22+,23+,24+/m1/s1. The predicted octanol–water partition coefficient (Wildman–Crippen LogP) is 3.57. The highest BCUT2D eigenvalue weighted by molar-refractivity contribution is 5.65. The lowest BCUT2D eigenvalue weighted by molar-refractivity contribution is -0.320. The van der Waals surface area contributed by atoms with Crippen LogP contribution < -0.4 is 0 Å². The third kappa shape index (κ3) is 6.27. The number of hydrogen-bond donors (Lipinski definition) is 1. The summed E-state index contributed by atoms with van der Waals surface area (Å²) in [6, 6.07) is 9.11. The monoisotopic (exact) mass is 477 g/mol. The van der Waals surface area contributed by atoms with E-state index in [9.17, 15) is 9.90 Å². The van der Waals surface area contributed by atoms with Crippen LogP contribution in [0.4, 0.5) is 0 Å². The summed E-state index contributed by atoms with van der Waals surface area (Å²) in [5.41, 5.74) is 10.0. The zero-order valence-electron chi connectivity index (χ0n) is 20.3. The molecule has 2 saturated heterocycles. The Labute approximate surface area is 200 Å². The number of carbonyl (C=O) groups excluding carboxylic acids is 1. The van der Waals surface area contributed by atoms with Crippen LogP contribution in [0.15, 0.2) is 35.4 Å². The van der Waals surface area contributed by atoms with Gasteiger partial charge in [0.2, 0.25) is 0 Å². The minimum atomic E-state index is -1.34. The molecule has 0 bridgehead atoms. The summed E-state index contributed by atoms with van der Waals surface area (Å²) in [5.74, 6) is -0.885. The molecule has 2 aliphatic heterocycles. The molecular weight excluding hydrogens is 442 g/mol. The van der Waals surface area contributed by atoms with Crippen LogP contribution in [0.1, 0.15) is 40.2 Å². The first-order chi connectivity index (χ1) is 16.2. The Kier molecular flexibility index (Phi) is 9.30. The van der Waals surface area contributed by atoms with Crippen molar-refractivity contribution in [1.29, 1.82) is 0 Å². The number of azide groups is 1. The topological polar surface area (TPSA) is 132 Å². The molecule has 10 atom stereocenters. The van der Waals surface area contributed by atoms with Crippen LogP contribution in [-0.2, 0) is 35.1 Å². The minimum Gasteiger partial charge on any atom is -0.463 e. The number of aliphatic hydroxyl groups is 1. The molecule has 10 heteroatoms. The molecule has 34 heavy (non-hydrogen) atoms. The van der Waals surface area contributed by atoms with E-state index < -0.39 is 42.7 Å². The molecule has 4 unspecified atom stereocenters. The third-order valence-corrected chi connectivity index (χ3v) is 6.80. The first-order valence-electron chi connectivity index (χ1n) is 11.7. The number of nitrogens with zero attached hydrogens (tertiary/aromatic N) is 3. The lowest BCUT2D eigenvalue weighted by Gasteiger charge is -2.48. The van der Waals surface area contributed by atoms with Gasteiger partial charge in [0.1, 0.15) is 12.7 Å². The number of aliphatic hydroxyl groups excluding tert-OH is 1. The predicted molar refractivity (Wildman–Crippen MR) is 122 cm³/mol. The Hall–Kier alpha value is -2.20. The maximum atomic E-state index is 11.4. The number of ether oxygens (including phenoxy) is 5. The second kappa shape index (κ2) is 12.0. The molecule has 0 radical (unpaired) electrons. The van der Waals surface area contributed by atoms with Crippen LogP contribution in [0, 0.1) is 17.8 Å². The molecule has 10 nitrogen and oxygen atoms in total. The van der Waals surface area contributed by atoms with Crippen LogP contribution >= 0.6 is 0 Å². The zero-order valence-corrected chi connectivity index (χ0v) is 20.3. The van der Waals surface area contributed by atoms with E-state index in [4.69, 9.17) is 29.2 Å². The van der Waals surface area contributed by atoms with Crippen molar-refractivity contribution in [3.63, 3.8) is 0 Å². The van der Waals surface area contributed by atoms with E-state index in [1.165, 1.54) is 6.92 Å². The van der Waals surface area contributed by atoms with E-state index in [1.807, 2.05) is 44.2 Å². The van der Waals surface area contributed by atoms with Crippen molar-refractivity contribution in [2.45, 2.75) is 84.3 Å². The molecule has 1 aromatic carbocycles. The highest BCUT2D eigenvalue weighted by Crippen LogP contribution is 2.37. The molecule has 1 N–H and O–H groups in total. The van der Waals surface area contributed by atoms with Gasteiger partial charge in [-0.2, -0.15) is 0 Å². The first-order valence-corrected chi connectivity index (χ1v) is 11.7. The zero-order chi connectivity index (χ0) is 24.8. The largest absolute Gasteiger partial charge is 0.463 e. The molecule has 0 aliphatic carbocycles. The Bertz CT molecular complexity index is 850. The van der Waals surface area contributed by atoms with Gasteiger partial charge in [-0.05, 0) is 23.9 Å².